The van der Waals surface area contributed by atoms with Crippen molar-refractivity contribution in [3.63, 3.8) is 0 Å². The van der Waals surface area contributed by atoms with Crippen LogP contribution in [0.25, 0.3) is 0 Å². The van der Waals surface area contributed by atoms with Gasteiger partial charge in [0.15, 0.2) is 0 Å². The second-order valence-electron chi connectivity index (χ2n) is 4.54. The van der Waals surface area contributed by atoms with Gasteiger partial charge in [-0.25, -0.2) is 0 Å². The lowest BCUT2D eigenvalue weighted by molar-refractivity contribution is 0.192. The zero-order valence-corrected chi connectivity index (χ0v) is 12.5. The molecule has 0 aliphatic carbocycles. The maximum absolute atomic E-state index is 5.04. The van der Waals surface area contributed by atoms with Crippen LogP contribution in [-0.2, 0) is 11.2 Å². The second kappa shape index (κ2) is 7.85. The quantitative estimate of drug-likeness (QED) is 0.781. The molecule has 0 saturated heterocycles. The van der Waals surface area contributed by atoms with Gasteiger partial charge in [-0.15, -0.1) is 0 Å². The van der Waals surface area contributed by atoms with Crippen molar-refractivity contribution in [2.75, 3.05) is 20.3 Å². The van der Waals surface area contributed by atoms with Crippen molar-refractivity contribution < 1.29 is 4.74 Å². The molecular weight excluding hydrogens is 278 g/mol. The van der Waals surface area contributed by atoms with E-state index in [2.05, 4.69) is 59.4 Å². The Labute approximate surface area is 113 Å². The molecular formula is C14H22BrNO. The minimum absolute atomic E-state index is 0.508. The number of halogens is 1. The first-order chi connectivity index (χ1) is 8.13. The molecule has 3 heteroatoms. The molecule has 0 amide bonds. The van der Waals surface area contributed by atoms with E-state index in [1.807, 2.05) is 0 Å². The van der Waals surface area contributed by atoms with Gasteiger partial charge >= 0.3 is 0 Å². The highest BCUT2D eigenvalue weighted by Crippen LogP contribution is 2.15. The summed E-state index contributed by atoms with van der Waals surface area (Å²) in [5, 5.41) is 3.48. The fourth-order valence-electron chi connectivity index (χ4n) is 1.76. The highest BCUT2D eigenvalue weighted by atomic mass is 79.9. The Morgan fingerprint density at radius 2 is 1.88 bits per heavy atom. The average molecular weight is 300 g/mol. The summed E-state index contributed by atoms with van der Waals surface area (Å²) < 4.78 is 6.17. The number of benzene rings is 1. The van der Waals surface area contributed by atoms with Gasteiger partial charge in [0.1, 0.15) is 0 Å². The normalized spacial score (nSPS) is 14.6. The Morgan fingerprint density at radius 3 is 2.47 bits per heavy atom. The molecule has 2 nitrogen and oxygen atoms in total. The third-order valence-electron chi connectivity index (χ3n) is 3.10. The molecule has 0 spiro atoms. The van der Waals surface area contributed by atoms with Gasteiger partial charge in [-0.3, -0.25) is 0 Å². The zero-order chi connectivity index (χ0) is 12.7. The van der Waals surface area contributed by atoms with Crippen molar-refractivity contribution in [2.24, 2.45) is 5.92 Å². The first-order valence-electron chi connectivity index (χ1n) is 6.10. The molecule has 0 bridgehead atoms. The predicted molar refractivity (Wildman–Crippen MR) is 76.4 cm³/mol. The average Bonchev–Trinajstić information content (AvgIpc) is 2.32. The van der Waals surface area contributed by atoms with E-state index in [4.69, 9.17) is 4.74 Å². The van der Waals surface area contributed by atoms with Crippen LogP contribution < -0.4 is 5.32 Å². The number of rotatable bonds is 7. The predicted octanol–water partition coefficient (Wildman–Crippen LogP) is 3.25. The summed E-state index contributed by atoms with van der Waals surface area (Å²) in [7, 11) is 1.73. The molecule has 2 atom stereocenters. The van der Waals surface area contributed by atoms with Crippen molar-refractivity contribution in [2.45, 2.75) is 26.3 Å². The lowest BCUT2D eigenvalue weighted by Gasteiger charge is -2.21. The molecule has 96 valence electrons. The number of ether oxygens (including phenoxy) is 1. The molecule has 1 N–H and O–H groups in total. The van der Waals surface area contributed by atoms with E-state index in [1.54, 1.807) is 7.11 Å². The third kappa shape index (κ3) is 5.66. The van der Waals surface area contributed by atoms with Crippen LogP contribution in [0.15, 0.2) is 28.7 Å². The summed E-state index contributed by atoms with van der Waals surface area (Å²) >= 11 is 3.46. The smallest absolute Gasteiger partial charge is 0.0587 e. The number of nitrogens with one attached hydrogen (secondary N) is 1. The van der Waals surface area contributed by atoms with E-state index in [1.165, 1.54) is 5.56 Å². The van der Waals surface area contributed by atoms with E-state index in [9.17, 15) is 0 Å². The third-order valence-corrected chi connectivity index (χ3v) is 3.63. The second-order valence-corrected chi connectivity index (χ2v) is 5.46. The first-order valence-corrected chi connectivity index (χ1v) is 6.89. The lowest BCUT2D eigenvalue weighted by Crippen LogP contribution is -2.35. The molecule has 0 aliphatic rings. The van der Waals surface area contributed by atoms with E-state index >= 15 is 0 Å². The fourth-order valence-corrected chi connectivity index (χ4v) is 2.02. The standard InChI is InChI=1S/C14H22BrNO/c1-11(12(2)16-8-9-17-3)10-13-4-6-14(15)7-5-13/h4-7,11-12,16H,8-10H2,1-3H3. The molecule has 1 aromatic rings. The van der Waals surface area contributed by atoms with Gasteiger partial charge < -0.3 is 10.1 Å². The molecule has 0 fully saturated rings. The SMILES string of the molecule is COCCNC(C)C(C)Cc1ccc(Br)cc1. The van der Waals surface area contributed by atoms with Crippen molar-refractivity contribution in [1.29, 1.82) is 0 Å². The van der Waals surface area contributed by atoms with Crippen molar-refractivity contribution in [3.8, 4) is 0 Å². The van der Waals surface area contributed by atoms with Gasteiger partial charge in [0.05, 0.1) is 6.61 Å². The van der Waals surface area contributed by atoms with Crippen molar-refractivity contribution >= 4 is 15.9 Å². The summed E-state index contributed by atoms with van der Waals surface area (Å²) in [5.74, 6) is 0.619. The minimum Gasteiger partial charge on any atom is -0.383 e. The maximum atomic E-state index is 5.04. The molecule has 0 radical (unpaired) electrons. The van der Waals surface area contributed by atoms with Gasteiger partial charge in [0.2, 0.25) is 0 Å². The highest BCUT2D eigenvalue weighted by molar-refractivity contribution is 9.10. The number of hydrogen-bond acceptors (Lipinski definition) is 2. The van der Waals surface area contributed by atoms with Gasteiger partial charge in [-0.1, -0.05) is 35.0 Å². The first kappa shape index (κ1) is 14.7. The molecule has 2 unspecified atom stereocenters. The maximum Gasteiger partial charge on any atom is 0.0587 e. The Hall–Kier alpha value is -0.380. The minimum atomic E-state index is 0.508. The van der Waals surface area contributed by atoms with Crippen LogP contribution >= 0.6 is 15.9 Å². The van der Waals surface area contributed by atoms with Crippen LogP contribution in [0.3, 0.4) is 0 Å². The summed E-state index contributed by atoms with van der Waals surface area (Å²) in [6.07, 6.45) is 1.11. The highest BCUT2D eigenvalue weighted by Gasteiger charge is 2.11. The monoisotopic (exact) mass is 299 g/mol. The van der Waals surface area contributed by atoms with Crippen LogP contribution in [0.5, 0.6) is 0 Å². The Morgan fingerprint density at radius 1 is 1.24 bits per heavy atom. The Kier molecular flexibility index (Phi) is 6.78. The summed E-state index contributed by atoms with van der Waals surface area (Å²) in [4.78, 5) is 0. The van der Waals surface area contributed by atoms with Gasteiger partial charge in [-0.05, 0) is 37.0 Å². The molecule has 17 heavy (non-hydrogen) atoms. The Bertz CT molecular complexity index is 313. The van der Waals surface area contributed by atoms with E-state index < -0.39 is 0 Å². The van der Waals surface area contributed by atoms with Crippen LogP contribution in [0.1, 0.15) is 19.4 Å². The molecule has 1 rings (SSSR count). The van der Waals surface area contributed by atoms with E-state index in [0.717, 1.165) is 24.0 Å². The molecule has 0 aliphatic heterocycles. The molecule has 1 aromatic carbocycles. The van der Waals surface area contributed by atoms with Gasteiger partial charge in [-0.2, -0.15) is 0 Å². The molecule has 0 heterocycles. The van der Waals surface area contributed by atoms with Crippen LogP contribution in [0, 0.1) is 5.92 Å². The zero-order valence-electron chi connectivity index (χ0n) is 10.9. The van der Waals surface area contributed by atoms with Crippen molar-refractivity contribution in [1.82, 2.24) is 5.32 Å². The van der Waals surface area contributed by atoms with Crippen LogP contribution in [-0.4, -0.2) is 26.3 Å². The molecule has 0 aromatic heterocycles. The fraction of sp³-hybridized carbons (Fsp3) is 0.571. The van der Waals surface area contributed by atoms with Crippen LogP contribution in [0.4, 0.5) is 0 Å². The number of hydrogen-bond donors (Lipinski definition) is 1. The van der Waals surface area contributed by atoms with Gasteiger partial charge in [0, 0.05) is 24.2 Å². The van der Waals surface area contributed by atoms with E-state index in [0.29, 0.717) is 12.0 Å². The summed E-state index contributed by atoms with van der Waals surface area (Å²) in [6.45, 7) is 6.21. The van der Waals surface area contributed by atoms with Crippen molar-refractivity contribution in [3.05, 3.63) is 34.3 Å². The molecule has 0 saturated carbocycles. The topological polar surface area (TPSA) is 21.3 Å². The Balaban J connectivity index is 2.37. The summed E-state index contributed by atoms with van der Waals surface area (Å²) in [5.41, 5.74) is 1.39. The van der Waals surface area contributed by atoms with Crippen LogP contribution in [0.2, 0.25) is 0 Å². The summed E-state index contributed by atoms with van der Waals surface area (Å²) in [6, 6.07) is 9.08. The number of methoxy groups -OCH3 is 1. The van der Waals surface area contributed by atoms with E-state index in [-0.39, 0.29) is 0 Å². The van der Waals surface area contributed by atoms with Gasteiger partial charge in [0.25, 0.3) is 0 Å². The lowest BCUT2D eigenvalue weighted by atomic mass is 9.95. The largest absolute Gasteiger partial charge is 0.383 e.